The van der Waals surface area contributed by atoms with Gasteiger partial charge in [0.1, 0.15) is 0 Å². The lowest BCUT2D eigenvalue weighted by Crippen LogP contribution is -2.27. The fourth-order valence-corrected chi connectivity index (χ4v) is 1.46. The van der Waals surface area contributed by atoms with Crippen LogP contribution in [-0.2, 0) is 7.05 Å². The van der Waals surface area contributed by atoms with Crippen LogP contribution in [-0.4, -0.2) is 14.3 Å². The van der Waals surface area contributed by atoms with Crippen molar-refractivity contribution in [2.75, 3.05) is 0 Å². The van der Waals surface area contributed by atoms with Crippen molar-refractivity contribution in [3.8, 4) is 0 Å². The molecule has 0 amide bonds. The molecule has 5 heteroatoms. The standard InChI is InChI=1S/C9H11N3O2/c1-11-8(13)10-12(9(11)14)7-5-3-2-4-6-7/h2-5,7H,6H2,1H3,(H,10,13). The highest BCUT2D eigenvalue weighted by atomic mass is 16.2. The molecule has 0 fully saturated rings. The van der Waals surface area contributed by atoms with Gasteiger partial charge in [0, 0.05) is 7.05 Å². The highest BCUT2D eigenvalue weighted by molar-refractivity contribution is 5.12. The Hall–Kier alpha value is -1.78. The molecule has 0 aromatic carbocycles. The van der Waals surface area contributed by atoms with Crippen LogP contribution in [0.3, 0.4) is 0 Å². The van der Waals surface area contributed by atoms with Gasteiger partial charge in [-0.1, -0.05) is 24.3 Å². The number of aromatic nitrogens is 3. The van der Waals surface area contributed by atoms with Crippen LogP contribution in [0.2, 0.25) is 0 Å². The van der Waals surface area contributed by atoms with E-state index in [1.807, 2.05) is 24.3 Å². The fourth-order valence-electron chi connectivity index (χ4n) is 1.46. The van der Waals surface area contributed by atoms with E-state index >= 15 is 0 Å². The third kappa shape index (κ3) is 1.26. The molecule has 1 aromatic rings. The lowest BCUT2D eigenvalue weighted by molar-refractivity contribution is 0.515. The van der Waals surface area contributed by atoms with E-state index in [2.05, 4.69) is 5.10 Å². The smallest absolute Gasteiger partial charge is 0.246 e. The van der Waals surface area contributed by atoms with Crippen LogP contribution in [0.4, 0.5) is 0 Å². The van der Waals surface area contributed by atoms with Crippen molar-refractivity contribution in [1.29, 1.82) is 0 Å². The molecule has 0 saturated carbocycles. The highest BCUT2D eigenvalue weighted by Crippen LogP contribution is 2.13. The predicted octanol–water partition coefficient (Wildman–Crippen LogP) is -0.0677. The molecular weight excluding hydrogens is 182 g/mol. The Labute approximate surface area is 80.0 Å². The normalized spacial score (nSPS) is 20.2. The molecule has 1 aliphatic carbocycles. The summed E-state index contributed by atoms with van der Waals surface area (Å²) in [5, 5.41) is 2.51. The summed E-state index contributed by atoms with van der Waals surface area (Å²) in [5.41, 5.74) is -0.682. The minimum absolute atomic E-state index is 0.0681. The summed E-state index contributed by atoms with van der Waals surface area (Å²) in [6, 6.07) is -0.0681. The minimum Gasteiger partial charge on any atom is -0.246 e. The number of nitrogens with zero attached hydrogens (tertiary/aromatic N) is 2. The first-order chi connectivity index (χ1) is 6.70. The van der Waals surface area contributed by atoms with E-state index in [4.69, 9.17) is 0 Å². The molecule has 0 aliphatic heterocycles. The quantitative estimate of drug-likeness (QED) is 0.678. The van der Waals surface area contributed by atoms with E-state index in [9.17, 15) is 9.59 Å². The van der Waals surface area contributed by atoms with Gasteiger partial charge in [0.2, 0.25) is 0 Å². The first kappa shape index (κ1) is 8.80. The first-order valence-electron chi connectivity index (χ1n) is 4.41. The molecule has 0 saturated heterocycles. The predicted molar refractivity (Wildman–Crippen MR) is 52.2 cm³/mol. The van der Waals surface area contributed by atoms with Crippen molar-refractivity contribution in [2.45, 2.75) is 12.5 Å². The van der Waals surface area contributed by atoms with Gasteiger partial charge >= 0.3 is 11.4 Å². The fraction of sp³-hybridized carbons (Fsp3) is 0.333. The number of H-pyrrole nitrogens is 1. The van der Waals surface area contributed by atoms with Gasteiger partial charge < -0.3 is 0 Å². The summed E-state index contributed by atoms with van der Waals surface area (Å²) in [6.45, 7) is 0. The van der Waals surface area contributed by atoms with Gasteiger partial charge in [-0.3, -0.25) is 0 Å². The molecule has 14 heavy (non-hydrogen) atoms. The molecule has 0 spiro atoms. The van der Waals surface area contributed by atoms with Crippen LogP contribution in [0.1, 0.15) is 12.5 Å². The molecule has 1 heterocycles. The zero-order chi connectivity index (χ0) is 10.1. The molecule has 0 radical (unpaired) electrons. The third-order valence-corrected chi connectivity index (χ3v) is 2.30. The molecule has 1 unspecified atom stereocenters. The second-order valence-corrected chi connectivity index (χ2v) is 3.24. The van der Waals surface area contributed by atoms with Gasteiger partial charge in [-0.15, -0.1) is 0 Å². The Morgan fingerprint density at radius 3 is 2.71 bits per heavy atom. The minimum atomic E-state index is -0.377. The molecule has 1 aromatic heterocycles. The van der Waals surface area contributed by atoms with Crippen molar-refractivity contribution in [1.82, 2.24) is 14.3 Å². The SMILES string of the molecule is Cn1c(=O)[nH]n(C2C=CC=CC2)c1=O. The maximum absolute atomic E-state index is 11.5. The van der Waals surface area contributed by atoms with Crippen LogP contribution < -0.4 is 11.4 Å². The van der Waals surface area contributed by atoms with E-state index in [-0.39, 0.29) is 17.4 Å². The van der Waals surface area contributed by atoms with E-state index in [1.54, 1.807) is 0 Å². The Morgan fingerprint density at radius 2 is 2.21 bits per heavy atom. The molecule has 74 valence electrons. The Kier molecular flexibility index (Phi) is 1.99. The number of nitrogens with one attached hydrogen (secondary N) is 1. The molecule has 1 atom stereocenters. The first-order valence-corrected chi connectivity index (χ1v) is 4.41. The van der Waals surface area contributed by atoms with Gasteiger partial charge in [0.15, 0.2) is 0 Å². The van der Waals surface area contributed by atoms with Gasteiger partial charge in [-0.25, -0.2) is 23.9 Å². The highest BCUT2D eigenvalue weighted by Gasteiger charge is 2.13. The summed E-state index contributed by atoms with van der Waals surface area (Å²) < 4.78 is 2.41. The molecular formula is C9H11N3O2. The van der Waals surface area contributed by atoms with Crippen LogP contribution >= 0.6 is 0 Å². The number of aromatic amines is 1. The van der Waals surface area contributed by atoms with E-state index in [0.717, 1.165) is 11.0 Å². The average Bonchev–Trinajstić information content (AvgIpc) is 2.47. The van der Waals surface area contributed by atoms with Crippen molar-refractivity contribution in [3.63, 3.8) is 0 Å². The largest absolute Gasteiger partial charge is 0.347 e. The number of rotatable bonds is 1. The lowest BCUT2D eigenvalue weighted by atomic mass is 10.1. The summed E-state index contributed by atoms with van der Waals surface area (Å²) in [5.74, 6) is 0. The monoisotopic (exact) mass is 193 g/mol. The van der Waals surface area contributed by atoms with Crippen LogP contribution in [0, 0.1) is 0 Å². The molecule has 1 aliphatic rings. The molecule has 0 bridgehead atoms. The summed E-state index contributed by atoms with van der Waals surface area (Å²) in [6.07, 6.45) is 8.37. The van der Waals surface area contributed by atoms with Crippen molar-refractivity contribution in [2.24, 2.45) is 7.05 Å². The summed E-state index contributed by atoms with van der Waals surface area (Å²) in [4.78, 5) is 22.7. The van der Waals surface area contributed by atoms with Crippen LogP contribution in [0.25, 0.3) is 0 Å². The van der Waals surface area contributed by atoms with Gasteiger partial charge in [0.25, 0.3) is 0 Å². The molecule has 1 N–H and O–H groups in total. The van der Waals surface area contributed by atoms with E-state index < -0.39 is 0 Å². The van der Waals surface area contributed by atoms with Gasteiger partial charge in [-0.05, 0) is 6.42 Å². The topological polar surface area (TPSA) is 59.8 Å². The van der Waals surface area contributed by atoms with E-state index in [1.165, 1.54) is 11.7 Å². The number of hydrogen-bond acceptors (Lipinski definition) is 2. The summed E-state index contributed by atoms with van der Waals surface area (Å²) in [7, 11) is 1.46. The number of allylic oxidation sites excluding steroid dienone is 4. The maximum Gasteiger partial charge on any atom is 0.347 e. The van der Waals surface area contributed by atoms with Crippen LogP contribution in [0.15, 0.2) is 33.9 Å². The van der Waals surface area contributed by atoms with Gasteiger partial charge in [0.05, 0.1) is 6.04 Å². The summed E-state index contributed by atoms with van der Waals surface area (Å²) >= 11 is 0. The Morgan fingerprint density at radius 1 is 1.43 bits per heavy atom. The van der Waals surface area contributed by atoms with Gasteiger partial charge in [-0.2, -0.15) is 0 Å². The zero-order valence-corrected chi connectivity index (χ0v) is 7.80. The Bertz CT molecular complexity index is 501. The van der Waals surface area contributed by atoms with Crippen molar-refractivity contribution < 1.29 is 0 Å². The molecule has 5 nitrogen and oxygen atoms in total. The van der Waals surface area contributed by atoms with Crippen molar-refractivity contribution >= 4 is 0 Å². The number of hydrogen-bond donors (Lipinski definition) is 1. The third-order valence-electron chi connectivity index (χ3n) is 2.30. The zero-order valence-electron chi connectivity index (χ0n) is 7.80. The van der Waals surface area contributed by atoms with E-state index in [0.29, 0.717) is 0 Å². The van der Waals surface area contributed by atoms with Crippen molar-refractivity contribution in [3.05, 3.63) is 45.3 Å². The Balaban J connectivity index is 2.47. The van der Waals surface area contributed by atoms with Crippen LogP contribution in [0.5, 0.6) is 0 Å². The maximum atomic E-state index is 11.5. The lowest BCUT2D eigenvalue weighted by Gasteiger charge is -2.11. The molecule has 2 rings (SSSR count). The second kappa shape index (κ2) is 3.17. The second-order valence-electron chi connectivity index (χ2n) is 3.24. The average molecular weight is 193 g/mol.